The second-order valence-corrected chi connectivity index (χ2v) is 81.3. The summed E-state index contributed by atoms with van der Waals surface area (Å²) in [5, 5.41) is 0. The van der Waals surface area contributed by atoms with Crippen molar-refractivity contribution in [3.05, 3.63) is 484 Å². The Morgan fingerprint density at radius 3 is 0.818 bits per heavy atom. The Bertz CT molecular complexity index is 6750. The molecule has 0 saturated heterocycles. The predicted molar refractivity (Wildman–Crippen MR) is 596 cm³/mol. The molecule has 0 spiro atoms. The zero-order valence-electron chi connectivity index (χ0n) is 84.5. The van der Waals surface area contributed by atoms with Crippen LogP contribution in [-0.2, 0) is 80.4 Å². The van der Waals surface area contributed by atoms with E-state index in [2.05, 4.69) is 368 Å². The van der Waals surface area contributed by atoms with Gasteiger partial charge < -0.3 is 19.9 Å². The molecular weight excluding hydrogens is 2700 g/mol. The van der Waals surface area contributed by atoms with Crippen LogP contribution in [0.3, 0.4) is 0 Å². The Morgan fingerprint density at radius 2 is 0.517 bits per heavy atom. The number of rotatable bonds is 16. The van der Waals surface area contributed by atoms with E-state index in [0.717, 1.165) is 96.0 Å². The normalized spacial score (nSPS) is 11.3. The van der Waals surface area contributed by atoms with Crippen molar-refractivity contribution in [3.63, 3.8) is 0 Å². The second-order valence-electron chi connectivity index (χ2n) is 38.8. The maximum absolute atomic E-state index is 4.90. The van der Waals surface area contributed by atoms with Crippen LogP contribution in [0.5, 0.6) is 0 Å². The van der Waals surface area contributed by atoms with E-state index in [0.29, 0.717) is 0 Å². The van der Waals surface area contributed by atoms with Crippen LogP contribution in [0.1, 0.15) is 59.4 Å². The SMILES string of the molecule is Cc1ccc(-c2[c-]cccc2)nc1.Cc1ccnc(-c2[c-]cccc2)c1.Cc1ccnc(-c2[c-]cccc2)c1.Cc1ccnc(-c2[c-]cccc2)c1.[CH3][Ge]([CH3])([CH3])[c]1cc(-c2[c-]ccc(-c3ccccc3)c2)ncc1C1CCCC1.[CH3][Ge]([CH3])([CH3])[c]1ccc(-c2[c-]cc(-c3ccccc3)cc2)nc1.[CH3][Ge]([CH3])([CH3])[c]1ccc(-c2[c-]ccc(-c3ccccc3)c2)nc1.[CH3][Ge]([CH3])([CH3])[c]1ccc(-c2[c-]cccc2)nc1.[Ir].[Ir].[Ir].[Ir]. The molecule has 0 N–H and O–H groups in total. The van der Waals surface area contributed by atoms with Crippen molar-refractivity contribution in [1.82, 2.24) is 39.9 Å². The summed E-state index contributed by atoms with van der Waals surface area (Å²) in [7, 11) is 0. The molecule has 0 atom stereocenters. The molecule has 0 bridgehead atoms. The molecule has 11 aromatic carbocycles. The quantitative estimate of drug-likeness (QED) is 0.0696. The van der Waals surface area contributed by atoms with Gasteiger partial charge in [-0.3, -0.25) is 0 Å². The van der Waals surface area contributed by atoms with Gasteiger partial charge in [0.05, 0.1) is 0 Å². The molecule has 8 aromatic heterocycles. The van der Waals surface area contributed by atoms with Crippen molar-refractivity contribution in [2.45, 2.75) is 128 Å². The van der Waals surface area contributed by atoms with Gasteiger partial charge in [-0.15, -0.1) is 144 Å². The topological polar surface area (TPSA) is 103 Å². The van der Waals surface area contributed by atoms with Crippen molar-refractivity contribution >= 4 is 70.6 Å². The summed E-state index contributed by atoms with van der Waals surface area (Å²) in [5.41, 5.74) is 30.2. The number of nitrogens with zero attached hydrogens (tertiary/aromatic N) is 8. The third-order valence-corrected chi connectivity index (χ3v) is 40.6. The molecule has 8 nitrogen and oxygen atoms in total. The second kappa shape index (κ2) is 57.9. The molecule has 4 radical (unpaired) electrons. The summed E-state index contributed by atoms with van der Waals surface area (Å²) in [5.74, 6) is 29.7. The molecule has 19 aromatic rings. The van der Waals surface area contributed by atoms with E-state index in [1.54, 1.807) is 9.96 Å². The van der Waals surface area contributed by atoms with Gasteiger partial charge in [-0.2, -0.15) is 0 Å². The van der Waals surface area contributed by atoms with Crippen LogP contribution >= 0.6 is 0 Å². The van der Waals surface area contributed by atoms with E-state index in [1.807, 2.05) is 220 Å². The molecule has 1 saturated carbocycles. The first kappa shape index (κ1) is 116. The summed E-state index contributed by atoms with van der Waals surface area (Å²) in [4.78, 5) is 35.9. The maximum Gasteiger partial charge on any atom is 0 e. The van der Waals surface area contributed by atoms with Crippen molar-refractivity contribution in [1.29, 1.82) is 0 Å². The minimum atomic E-state index is -1.99. The van der Waals surface area contributed by atoms with E-state index in [4.69, 9.17) is 4.98 Å². The zero-order valence-corrected chi connectivity index (χ0v) is 102. The summed E-state index contributed by atoms with van der Waals surface area (Å²) < 4.78 is 5.94. The van der Waals surface area contributed by atoms with E-state index in [1.165, 1.54) is 94.5 Å². The van der Waals surface area contributed by atoms with Gasteiger partial charge in [-0.1, -0.05) is 47.0 Å². The van der Waals surface area contributed by atoms with E-state index in [-0.39, 0.29) is 80.4 Å². The predicted octanol–water partition coefficient (Wildman–Crippen LogP) is 30.5. The van der Waals surface area contributed by atoms with Gasteiger partial charge in [0.1, 0.15) is 0 Å². The van der Waals surface area contributed by atoms with E-state index >= 15 is 0 Å². The van der Waals surface area contributed by atoms with Crippen LogP contribution in [0, 0.1) is 76.2 Å². The number of benzene rings is 11. The van der Waals surface area contributed by atoms with Crippen LogP contribution in [0.4, 0.5) is 0 Å². The number of pyridine rings is 8. The first-order chi connectivity index (χ1) is 67.1. The smallest absolute Gasteiger partial charge is 0 e. The van der Waals surface area contributed by atoms with Crippen LogP contribution in [-0.4, -0.2) is 92.9 Å². The molecule has 16 heteroatoms. The molecule has 20 rings (SSSR count). The summed E-state index contributed by atoms with van der Waals surface area (Å²) in [6, 6.07) is 147. The molecule has 732 valence electrons. The monoisotopic (exact) mass is 2830 g/mol. The zero-order chi connectivity index (χ0) is 98.0. The Morgan fingerprint density at radius 1 is 0.217 bits per heavy atom. The Hall–Kier alpha value is -10.6. The first-order valence-electron chi connectivity index (χ1n) is 47.8. The Labute approximate surface area is 916 Å². The number of hydrogen-bond donors (Lipinski definition) is 0. The summed E-state index contributed by atoms with van der Waals surface area (Å²) in [6.45, 7) is 8.22. The first-order valence-corrected chi connectivity index (χ1v) is 77.2. The molecule has 143 heavy (non-hydrogen) atoms. The minimum absolute atomic E-state index is 0. The number of hydrogen-bond acceptors (Lipinski definition) is 8. The average molecular weight is 2820 g/mol. The molecule has 1 aliphatic rings. The van der Waals surface area contributed by atoms with Gasteiger partial charge in [-0.25, -0.2) is 0 Å². The minimum Gasteiger partial charge on any atom is 0 e. The summed E-state index contributed by atoms with van der Waals surface area (Å²) >= 11 is -7.27. The maximum atomic E-state index is 4.90. The van der Waals surface area contributed by atoms with Crippen molar-refractivity contribution < 1.29 is 80.4 Å². The molecule has 0 unspecified atom stereocenters. The Balaban J connectivity index is 0.000000184. The average Bonchev–Trinajstić information content (AvgIpc) is 1.77. The van der Waals surface area contributed by atoms with Crippen LogP contribution < -0.4 is 17.6 Å². The number of aryl methyl sites for hydroxylation is 4. The van der Waals surface area contributed by atoms with Gasteiger partial charge in [0.25, 0.3) is 0 Å². The number of aromatic nitrogens is 8. The van der Waals surface area contributed by atoms with Gasteiger partial charge in [-0.05, 0) is 74.2 Å². The fourth-order valence-corrected chi connectivity index (χ4v) is 25.6. The molecule has 0 amide bonds. The largest absolute Gasteiger partial charge is 0 e. The third kappa shape index (κ3) is 36.5. The molecule has 8 heterocycles. The fourth-order valence-electron chi connectivity index (χ4n) is 15.5. The summed E-state index contributed by atoms with van der Waals surface area (Å²) in [6.07, 6.45) is 21.1. The van der Waals surface area contributed by atoms with Gasteiger partial charge in [0.15, 0.2) is 0 Å². The van der Waals surface area contributed by atoms with Gasteiger partial charge >= 0.3 is 537 Å². The van der Waals surface area contributed by atoms with Gasteiger partial charge in [0.2, 0.25) is 0 Å². The van der Waals surface area contributed by atoms with Crippen molar-refractivity contribution in [3.8, 4) is 123 Å². The molecular formula is C127H124Ge4Ir4N8-8. The third-order valence-electron chi connectivity index (χ3n) is 23.6. The van der Waals surface area contributed by atoms with Crippen LogP contribution in [0.2, 0.25) is 69.1 Å². The van der Waals surface area contributed by atoms with E-state index < -0.39 is 53.1 Å². The molecule has 1 aliphatic carbocycles. The standard InChI is InChI=1S/C25H28GeN.2C20H20GeN.C14H16GeN.4C12H10N.4Ir/c1-26(2,3)24-17-25(27-18-23(24)20-12-7-8-13-20)22-15-9-14-21(16-22)19-10-5-4-6-11-19;1-21(2,3)19-12-13-20(22-15-19)18-11-7-10-17(14-18)16-8-5-4-6-9-16;1-21(2,3)19-13-14-20(22-15-19)18-11-9-17(10-12-18)16-7-5-4-6-8-16;1-15(2,3)13-9-10-14(16-11-13)12-7-5-4-6-8-12;3*1-10-7-8-13-12(9-10)11-5-3-2-4-6-11;1-10-7-8-12(13-9-10)11-5-3-2-4-6-11;;;;/h4-6,9-11,14,16-18,20H,7-8,12-13H2,1-3H3;4-10,12-15H,1-3H3;4-11,13-15H,1-3H3;4-7,9-11H,1-3H3;4*2-5,7-9H,1H3;;;;/q8*-1;;;;. The Kier molecular flexibility index (Phi) is 47.0. The van der Waals surface area contributed by atoms with Crippen LogP contribution in [0.15, 0.2) is 407 Å². The van der Waals surface area contributed by atoms with Gasteiger partial charge in [0, 0.05) is 105 Å². The van der Waals surface area contributed by atoms with Crippen molar-refractivity contribution in [2.75, 3.05) is 0 Å². The molecule has 0 aliphatic heterocycles. The van der Waals surface area contributed by atoms with Crippen molar-refractivity contribution in [2.24, 2.45) is 0 Å². The van der Waals surface area contributed by atoms with E-state index in [9.17, 15) is 0 Å². The molecule has 1 fully saturated rings. The fraction of sp³-hybridized carbons (Fsp3) is 0.165. The van der Waals surface area contributed by atoms with Crippen LogP contribution in [0.25, 0.3) is 123 Å².